The lowest BCUT2D eigenvalue weighted by Crippen LogP contribution is -2.42. The van der Waals surface area contributed by atoms with Crippen molar-refractivity contribution in [1.29, 1.82) is 5.41 Å². The molecular weight excluding hydrogens is 461 g/mol. The van der Waals surface area contributed by atoms with E-state index in [1.54, 1.807) is 19.1 Å². The van der Waals surface area contributed by atoms with Gasteiger partial charge in [-0.2, -0.15) is 5.10 Å². The molecule has 0 atom stereocenters. The number of hydrogen-bond donors (Lipinski definition) is 2. The summed E-state index contributed by atoms with van der Waals surface area (Å²) in [5, 5.41) is 15.0. The maximum absolute atomic E-state index is 14.8. The highest BCUT2D eigenvalue weighted by Gasteiger charge is 2.23. The molecule has 1 saturated heterocycles. The summed E-state index contributed by atoms with van der Waals surface area (Å²) in [6.45, 7) is 3.19. The van der Waals surface area contributed by atoms with Crippen molar-refractivity contribution in [3.63, 3.8) is 0 Å². The number of likely N-dealkylation sites (tertiary alicyclic amines) is 1. The fraction of sp³-hybridized carbons (Fsp3) is 0.261. The molecule has 2 heterocycles. The molecule has 2 aromatic carbocycles. The highest BCUT2D eigenvalue weighted by molar-refractivity contribution is 7.90. The zero-order chi connectivity index (χ0) is 24.6. The second-order valence-electron chi connectivity index (χ2n) is 8.03. The van der Waals surface area contributed by atoms with Gasteiger partial charge in [0.25, 0.3) is 5.91 Å². The van der Waals surface area contributed by atoms with E-state index in [4.69, 9.17) is 10.1 Å². The summed E-state index contributed by atoms with van der Waals surface area (Å²) in [5.41, 5.74) is 1.03. The fourth-order valence-corrected chi connectivity index (χ4v) is 4.48. The van der Waals surface area contributed by atoms with Gasteiger partial charge in [-0.15, -0.1) is 0 Å². The quantitative estimate of drug-likeness (QED) is 0.409. The molecule has 1 aliphatic heterocycles. The van der Waals surface area contributed by atoms with E-state index in [1.807, 2.05) is 4.90 Å². The molecule has 1 aliphatic rings. The SMILES string of the molecule is COc1ccc(-n2nc(C)cc2C(=O)Nc2ccc(C(=N)N3CCC3)cc2F)c(S(C)(=O)=O)c1. The van der Waals surface area contributed by atoms with Crippen LogP contribution in [0.25, 0.3) is 5.69 Å². The Hall–Kier alpha value is -3.73. The maximum atomic E-state index is 14.8. The number of anilines is 1. The van der Waals surface area contributed by atoms with Crippen LogP contribution < -0.4 is 10.1 Å². The van der Waals surface area contributed by atoms with Crippen molar-refractivity contribution in [3.05, 3.63) is 65.2 Å². The van der Waals surface area contributed by atoms with E-state index in [1.165, 1.54) is 42.1 Å². The standard InChI is InChI=1S/C23H24FN5O4S/c1-14-11-20(29(27-14)19-8-6-16(33-2)13-21(19)34(3,31)32)23(30)26-18-7-5-15(12-17(18)24)22(25)28-9-4-10-28/h5-8,11-13,25H,4,9-10H2,1-3H3,(H,26,30). The Balaban J connectivity index is 1.67. The summed E-state index contributed by atoms with van der Waals surface area (Å²) < 4.78 is 45.9. The fourth-order valence-electron chi connectivity index (χ4n) is 3.61. The Kier molecular flexibility index (Phi) is 6.13. The molecule has 1 amide bonds. The molecule has 2 N–H and O–H groups in total. The third kappa shape index (κ3) is 4.51. The van der Waals surface area contributed by atoms with Gasteiger partial charge in [0.15, 0.2) is 9.84 Å². The van der Waals surface area contributed by atoms with Gasteiger partial charge in [0.2, 0.25) is 0 Å². The first kappa shape index (κ1) is 23.4. The monoisotopic (exact) mass is 485 g/mol. The first-order chi connectivity index (χ1) is 16.1. The highest BCUT2D eigenvalue weighted by Crippen LogP contribution is 2.27. The van der Waals surface area contributed by atoms with E-state index in [9.17, 15) is 17.6 Å². The molecule has 0 radical (unpaired) electrons. The Morgan fingerprint density at radius 3 is 2.50 bits per heavy atom. The predicted molar refractivity (Wildman–Crippen MR) is 125 cm³/mol. The number of amides is 1. The molecule has 0 unspecified atom stereocenters. The van der Waals surface area contributed by atoms with Gasteiger partial charge >= 0.3 is 0 Å². The van der Waals surface area contributed by atoms with Gasteiger partial charge in [0, 0.05) is 31.0 Å². The van der Waals surface area contributed by atoms with Gasteiger partial charge in [-0.05, 0) is 49.7 Å². The molecule has 34 heavy (non-hydrogen) atoms. The van der Waals surface area contributed by atoms with Crippen molar-refractivity contribution < 1.29 is 22.3 Å². The number of carbonyl (C=O) groups excluding carboxylic acids is 1. The number of hydrogen-bond acceptors (Lipinski definition) is 6. The molecule has 0 aliphatic carbocycles. The van der Waals surface area contributed by atoms with E-state index >= 15 is 0 Å². The van der Waals surface area contributed by atoms with Gasteiger partial charge in [-0.3, -0.25) is 10.2 Å². The van der Waals surface area contributed by atoms with Crippen molar-refractivity contribution in [1.82, 2.24) is 14.7 Å². The zero-order valence-corrected chi connectivity index (χ0v) is 19.7. The van der Waals surface area contributed by atoms with Crippen LogP contribution >= 0.6 is 0 Å². The van der Waals surface area contributed by atoms with Crippen LogP contribution in [-0.2, 0) is 9.84 Å². The number of methoxy groups -OCH3 is 1. The summed E-state index contributed by atoms with van der Waals surface area (Å²) in [7, 11) is -2.27. The summed E-state index contributed by atoms with van der Waals surface area (Å²) >= 11 is 0. The van der Waals surface area contributed by atoms with Crippen molar-refractivity contribution in [2.45, 2.75) is 18.2 Å². The first-order valence-electron chi connectivity index (χ1n) is 10.5. The van der Waals surface area contributed by atoms with E-state index in [0.717, 1.165) is 25.8 Å². The van der Waals surface area contributed by atoms with E-state index in [-0.39, 0.29) is 27.8 Å². The molecule has 1 fully saturated rings. The molecule has 9 nitrogen and oxygen atoms in total. The van der Waals surface area contributed by atoms with Crippen LogP contribution in [0.3, 0.4) is 0 Å². The van der Waals surface area contributed by atoms with Crippen LogP contribution in [0.15, 0.2) is 47.4 Å². The minimum atomic E-state index is -3.69. The van der Waals surface area contributed by atoms with Crippen LogP contribution in [0.1, 0.15) is 28.2 Å². The number of aromatic nitrogens is 2. The number of nitrogens with zero attached hydrogens (tertiary/aromatic N) is 3. The number of halogens is 1. The molecule has 11 heteroatoms. The minimum Gasteiger partial charge on any atom is -0.497 e. The molecule has 4 rings (SSSR count). The maximum Gasteiger partial charge on any atom is 0.274 e. The zero-order valence-electron chi connectivity index (χ0n) is 18.9. The number of aryl methyl sites for hydroxylation is 1. The molecule has 1 aromatic heterocycles. The Labute approximate surface area is 196 Å². The van der Waals surface area contributed by atoms with Gasteiger partial charge in [-0.25, -0.2) is 17.5 Å². The smallest absolute Gasteiger partial charge is 0.274 e. The minimum absolute atomic E-state index is 0.0318. The van der Waals surface area contributed by atoms with E-state index in [0.29, 0.717) is 17.0 Å². The molecule has 3 aromatic rings. The van der Waals surface area contributed by atoms with Crippen LogP contribution in [-0.4, -0.2) is 61.3 Å². The normalized spacial score (nSPS) is 13.4. The number of benzene rings is 2. The van der Waals surface area contributed by atoms with E-state index in [2.05, 4.69) is 10.4 Å². The predicted octanol–water partition coefficient (Wildman–Crippen LogP) is 3.02. The number of sulfone groups is 1. The van der Waals surface area contributed by atoms with Gasteiger partial charge in [0.1, 0.15) is 23.1 Å². The number of rotatable bonds is 6. The largest absolute Gasteiger partial charge is 0.497 e. The average molecular weight is 486 g/mol. The number of amidine groups is 1. The Morgan fingerprint density at radius 1 is 1.18 bits per heavy atom. The van der Waals surface area contributed by atoms with Crippen LogP contribution in [0, 0.1) is 18.2 Å². The second-order valence-corrected chi connectivity index (χ2v) is 10.0. The molecule has 0 bridgehead atoms. The van der Waals surface area contributed by atoms with Crippen molar-refractivity contribution in [2.75, 3.05) is 31.8 Å². The summed E-state index contributed by atoms with van der Waals surface area (Å²) in [6.07, 6.45) is 2.05. The first-order valence-corrected chi connectivity index (χ1v) is 12.4. The van der Waals surface area contributed by atoms with Crippen molar-refractivity contribution >= 4 is 27.3 Å². The Morgan fingerprint density at radius 2 is 1.91 bits per heavy atom. The second kappa shape index (κ2) is 8.90. The molecule has 178 valence electrons. The van der Waals surface area contributed by atoms with Gasteiger partial charge in [0.05, 0.1) is 29.1 Å². The lowest BCUT2D eigenvalue weighted by molar-refractivity contribution is 0.101. The van der Waals surface area contributed by atoms with Gasteiger partial charge < -0.3 is 15.0 Å². The summed E-state index contributed by atoms with van der Waals surface area (Å²) in [6, 6.07) is 10.1. The molecular formula is C23H24FN5O4S. The van der Waals surface area contributed by atoms with Crippen LogP contribution in [0.2, 0.25) is 0 Å². The van der Waals surface area contributed by atoms with Crippen molar-refractivity contribution in [3.8, 4) is 11.4 Å². The van der Waals surface area contributed by atoms with Gasteiger partial charge in [-0.1, -0.05) is 0 Å². The third-order valence-electron chi connectivity index (χ3n) is 5.52. The lowest BCUT2D eigenvalue weighted by atomic mass is 10.1. The third-order valence-corrected chi connectivity index (χ3v) is 6.65. The van der Waals surface area contributed by atoms with Crippen molar-refractivity contribution in [2.24, 2.45) is 0 Å². The van der Waals surface area contributed by atoms with Crippen LogP contribution in [0.5, 0.6) is 5.75 Å². The average Bonchev–Trinajstić information content (AvgIpc) is 3.14. The topological polar surface area (TPSA) is 117 Å². The summed E-state index contributed by atoms with van der Waals surface area (Å²) in [5.74, 6) is -0.768. The highest BCUT2D eigenvalue weighted by atomic mass is 32.2. The number of carbonyl (C=O) groups is 1. The van der Waals surface area contributed by atoms with E-state index < -0.39 is 21.6 Å². The number of ether oxygens (including phenoxy) is 1. The molecule has 0 spiro atoms. The lowest BCUT2D eigenvalue weighted by Gasteiger charge is -2.33. The van der Waals surface area contributed by atoms with Crippen LogP contribution in [0.4, 0.5) is 10.1 Å². The Bertz CT molecular complexity index is 1400. The number of nitrogens with one attached hydrogen (secondary N) is 2. The molecule has 0 saturated carbocycles. The summed E-state index contributed by atoms with van der Waals surface area (Å²) in [4.78, 5) is 14.8.